The number of carbonyl (C=O) groups excluding carboxylic acids is 1. The maximum absolute atomic E-state index is 12.3. The Kier molecular flexibility index (Phi) is 7.02. The minimum atomic E-state index is -0.203. The standard InChI is InChI=1S/C21H28N2O2/c1-16-9-11-19(12-10-16)15-22-21(24)18(3)23(4)13-14-25-20-8-6-5-7-17(20)2/h5-12,18H,13-15H2,1-4H3,(H,22,24)/t18-/m1/s1. The van der Waals surface area contributed by atoms with Gasteiger partial charge < -0.3 is 10.1 Å². The number of rotatable bonds is 8. The molecule has 0 bridgehead atoms. The molecule has 2 aromatic rings. The highest BCUT2D eigenvalue weighted by atomic mass is 16.5. The summed E-state index contributed by atoms with van der Waals surface area (Å²) < 4.78 is 5.80. The fourth-order valence-corrected chi connectivity index (χ4v) is 2.45. The molecule has 4 nitrogen and oxygen atoms in total. The van der Waals surface area contributed by atoms with Gasteiger partial charge >= 0.3 is 0 Å². The molecule has 0 fully saturated rings. The molecule has 0 aliphatic heterocycles. The van der Waals surface area contributed by atoms with Crippen molar-refractivity contribution in [3.8, 4) is 5.75 Å². The maximum atomic E-state index is 12.3. The first kappa shape index (κ1) is 19.0. The monoisotopic (exact) mass is 340 g/mol. The second-order valence-corrected chi connectivity index (χ2v) is 6.47. The predicted octanol–water partition coefficient (Wildman–Crippen LogP) is 3.32. The van der Waals surface area contributed by atoms with Crippen molar-refractivity contribution in [3.05, 3.63) is 65.2 Å². The largest absolute Gasteiger partial charge is 0.492 e. The van der Waals surface area contributed by atoms with Gasteiger partial charge in [-0.05, 0) is 45.0 Å². The van der Waals surface area contributed by atoms with Gasteiger partial charge in [0.25, 0.3) is 0 Å². The number of hydrogen-bond acceptors (Lipinski definition) is 3. The number of ether oxygens (including phenoxy) is 1. The van der Waals surface area contributed by atoms with Crippen molar-refractivity contribution in [2.24, 2.45) is 0 Å². The van der Waals surface area contributed by atoms with E-state index in [0.717, 1.165) is 16.9 Å². The van der Waals surface area contributed by atoms with Crippen LogP contribution in [0.3, 0.4) is 0 Å². The number of aryl methyl sites for hydroxylation is 2. The van der Waals surface area contributed by atoms with Crippen LogP contribution in [0.4, 0.5) is 0 Å². The highest BCUT2D eigenvalue weighted by molar-refractivity contribution is 5.81. The van der Waals surface area contributed by atoms with Gasteiger partial charge in [0, 0.05) is 13.1 Å². The normalized spacial score (nSPS) is 12.0. The molecule has 25 heavy (non-hydrogen) atoms. The van der Waals surface area contributed by atoms with E-state index in [1.807, 2.05) is 62.2 Å². The zero-order valence-corrected chi connectivity index (χ0v) is 15.6. The lowest BCUT2D eigenvalue weighted by molar-refractivity contribution is -0.125. The summed E-state index contributed by atoms with van der Waals surface area (Å²) in [4.78, 5) is 14.3. The number of carbonyl (C=O) groups is 1. The Morgan fingerprint density at radius 1 is 1.12 bits per heavy atom. The van der Waals surface area contributed by atoms with Gasteiger partial charge in [-0.3, -0.25) is 9.69 Å². The summed E-state index contributed by atoms with van der Waals surface area (Å²) in [6, 6.07) is 15.9. The molecule has 0 aromatic heterocycles. The third-order valence-corrected chi connectivity index (χ3v) is 4.42. The molecule has 2 rings (SSSR count). The molecule has 0 aliphatic rings. The molecule has 0 spiro atoms. The van der Waals surface area contributed by atoms with Crippen LogP contribution in [0.5, 0.6) is 5.75 Å². The van der Waals surface area contributed by atoms with Crippen molar-refractivity contribution in [1.82, 2.24) is 10.2 Å². The zero-order valence-electron chi connectivity index (χ0n) is 15.6. The van der Waals surface area contributed by atoms with E-state index in [2.05, 4.69) is 24.4 Å². The lowest BCUT2D eigenvalue weighted by Gasteiger charge is -2.24. The molecular formula is C21H28N2O2. The third-order valence-electron chi connectivity index (χ3n) is 4.42. The Bertz CT molecular complexity index is 683. The van der Waals surface area contributed by atoms with Crippen LogP contribution in [0, 0.1) is 13.8 Å². The van der Waals surface area contributed by atoms with Gasteiger partial charge in [0.15, 0.2) is 0 Å². The lowest BCUT2D eigenvalue weighted by Crippen LogP contribution is -2.44. The van der Waals surface area contributed by atoms with E-state index < -0.39 is 0 Å². The average Bonchev–Trinajstić information content (AvgIpc) is 2.61. The van der Waals surface area contributed by atoms with Crippen LogP contribution < -0.4 is 10.1 Å². The molecule has 1 atom stereocenters. The van der Waals surface area contributed by atoms with Crippen molar-refractivity contribution in [3.63, 3.8) is 0 Å². The second-order valence-electron chi connectivity index (χ2n) is 6.47. The maximum Gasteiger partial charge on any atom is 0.237 e. The Morgan fingerprint density at radius 3 is 2.48 bits per heavy atom. The van der Waals surface area contributed by atoms with Crippen molar-refractivity contribution >= 4 is 5.91 Å². The number of nitrogens with zero attached hydrogens (tertiary/aromatic N) is 1. The van der Waals surface area contributed by atoms with E-state index in [4.69, 9.17) is 4.74 Å². The Hall–Kier alpha value is -2.33. The van der Waals surface area contributed by atoms with E-state index in [-0.39, 0.29) is 11.9 Å². The molecule has 1 N–H and O–H groups in total. The first-order valence-corrected chi connectivity index (χ1v) is 8.69. The van der Waals surface area contributed by atoms with Crippen LogP contribution in [0.1, 0.15) is 23.6 Å². The van der Waals surface area contributed by atoms with Crippen LogP contribution in [-0.2, 0) is 11.3 Å². The highest BCUT2D eigenvalue weighted by Crippen LogP contribution is 2.15. The molecule has 0 unspecified atom stereocenters. The summed E-state index contributed by atoms with van der Waals surface area (Å²) in [5, 5.41) is 2.99. The molecule has 0 heterocycles. The number of hydrogen-bond donors (Lipinski definition) is 1. The van der Waals surface area contributed by atoms with E-state index in [9.17, 15) is 4.79 Å². The molecule has 0 aliphatic carbocycles. The van der Waals surface area contributed by atoms with Crippen LogP contribution in [0.25, 0.3) is 0 Å². The summed E-state index contributed by atoms with van der Waals surface area (Å²) in [5.41, 5.74) is 3.45. The molecule has 4 heteroatoms. The van der Waals surface area contributed by atoms with Crippen molar-refractivity contribution in [2.45, 2.75) is 33.4 Å². The summed E-state index contributed by atoms with van der Waals surface area (Å²) >= 11 is 0. The number of para-hydroxylation sites is 1. The highest BCUT2D eigenvalue weighted by Gasteiger charge is 2.17. The molecule has 134 valence electrons. The van der Waals surface area contributed by atoms with Gasteiger partial charge in [-0.1, -0.05) is 48.0 Å². The van der Waals surface area contributed by atoms with Gasteiger partial charge in [-0.15, -0.1) is 0 Å². The number of nitrogens with one attached hydrogen (secondary N) is 1. The van der Waals surface area contributed by atoms with E-state index in [1.54, 1.807) is 0 Å². The third kappa shape index (κ3) is 5.91. The molecule has 1 amide bonds. The number of benzene rings is 2. The van der Waals surface area contributed by atoms with Crippen molar-refractivity contribution in [1.29, 1.82) is 0 Å². The van der Waals surface area contributed by atoms with E-state index in [1.165, 1.54) is 5.56 Å². The van der Waals surface area contributed by atoms with Crippen LogP contribution in [0.15, 0.2) is 48.5 Å². The Labute approximate surface area is 150 Å². The van der Waals surface area contributed by atoms with Gasteiger partial charge in [-0.2, -0.15) is 0 Å². The quantitative estimate of drug-likeness (QED) is 0.801. The molecule has 0 saturated heterocycles. The average molecular weight is 340 g/mol. The molecule has 2 aromatic carbocycles. The summed E-state index contributed by atoms with van der Waals surface area (Å²) in [7, 11) is 1.94. The van der Waals surface area contributed by atoms with Crippen molar-refractivity contribution < 1.29 is 9.53 Å². The summed E-state index contributed by atoms with van der Waals surface area (Å²) in [5.74, 6) is 0.923. The first-order valence-electron chi connectivity index (χ1n) is 8.69. The van der Waals surface area contributed by atoms with Crippen LogP contribution in [-0.4, -0.2) is 37.0 Å². The summed E-state index contributed by atoms with van der Waals surface area (Å²) in [6.07, 6.45) is 0. The van der Waals surface area contributed by atoms with Gasteiger partial charge in [-0.25, -0.2) is 0 Å². The Balaban J connectivity index is 1.74. The lowest BCUT2D eigenvalue weighted by atomic mass is 10.1. The molecule has 0 radical (unpaired) electrons. The minimum Gasteiger partial charge on any atom is -0.492 e. The van der Waals surface area contributed by atoms with Crippen LogP contribution in [0.2, 0.25) is 0 Å². The van der Waals surface area contributed by atoms with Gasteiger partial charge in [0.05, 0.1) is 6.04 Å². The van der Waals surface area contributed by atoms with E-state index >= 15 is 0 Å². The smallest absolute Gasteiger partial charge is 0.237 e. The zero-order chi connectivity index (χ0) is 18.2. The van der Waals surface area contributed by atoms with Crippen LogP contribution >= 0.6 is 0 Å². The SMILES string of the molecule is Cc1ccc(CNC(=O)[C@@H](C)N(C)CCOc2ccccc2C)cc1. The minimum absolute atomic E-state index is 0.0268. The molecule has 0 saturated carbocycles. The van der Waals surface area contributed by atoms with E-state index in [0.29, 0.717) is 19.7 Å². The van der Waals surface area contributed by atoms with Gasteiger partial charge in [0.1, 0.15) is 12.4 Å². The fraction of sp³-hybridized carbons (Fsp3) is 0.381. The van der Waals surface area contributed by atoms with Crippen molar-refractivity contribution in [2.75, 3.05) is 20.2 Å². The topological polar surface area (TPSA) is 41.6 Å². The fourth-order valence-electron chi connectivity index (χ4n) is 2.45. The summed E-state index contributed by atoms with van der Waals surface area (Å²) in [6.45, 7) is 7.79. The van der Waals surface area contributed by atoms with Gasteiger partial charge in [0.2, 0.25) is 5.91 Å². The predicted molar refractivity (Wildman–Crippen MR) is 102 cm³/mol. The number of likely N-dealkylation sites (N-methyl/N-ethyl adjacent to an activating group) is 1. The second kappa shape index (κ2) is 9.23. The molecular weight excluding hydrogens is 312 g/mol. The first-order chi connectivity index (χ1) is 12.0. The Morgan fingerprint density at radius 2 is 1.80 bits per heavy atom. The number of amides is 1.